The molecular formula is C23H23N5O2. The molecule has 152 valence electrons. The number of hydrogen-bond donors (Lipinski definition) is 1. The summed E-state index contributed by atoms with van der Waals surface area (Å²) in [6.45, 7) is 2.08. The number of anilines is 1. The first-order valence-corrected chi connectivity index (χ1v) is 10.3. The molecule has 0 spiro atoms. The monoisotopic (exact) mass is 401 g/mol. The highest BCUT2D eigenvalue weighted by molar-refractivity contribution is 5.79. The molecule has 1 aromatic carbocycles. The Morgan fingerprint density at radius 2 is 2.07 bits per heavy atom. The molecule has 5 rings (SSSR count). The molecule has 4 aromatic rings. The van der Waals surface area contributed by atoms with Gasteiger partial charge in [0.1, 0.15) is 0 Å². The van der Waals surface area contributed by atoms with Gasteiger partial charge in [0.25, 0.3) is 6.01 Å². The number of amides is 1. The van der Waals surface area contributed by atoms with Gasteiger partial charge in [-0.3, -0.25) is 9.78 Å². The van der Waals surface area contributed by atoms with Gasteiger partial charge in [0.05, 0.1) is 17.8 Å². The van der Waals surface area contributed by atoms with E-state index >= 15 is 0 Å². The highest BCUT2D eigenvalue weighted by Gasteiger charge is 2.25. The van der Waals surface area contributed by atoms with Crippen LogP contribution in [0, 0.1) is 5.92 Å². The van der Waals surface area contributed by atoms with Crippen LogP contribution in [0.2, 0.25) is 0 Å². The summed E-state index contributed by atoms with van der Waals surface area (Å²) in [4.78, 5) is 28.0. The van der Waals surface area contributed by atoms with Crippen molar-refractivity contribution in [3.63, 3.8) is 0 Å². The van der Waals surface area contributed by atoms with Gasteiger partial charge >= 0.3 is 0 Å². The van der Waals surface area contributed by atoms with Gasteiger partial charge in [-0.15, -0.1) is 0 Å². The molecule has 0 radical (unpaired) electrons. The van der Waals surface area contributed by atoms with Crippen molar-refractivity contribution in [1.29, 1.82) is 0 Å². The minimum atomic E-state index is 0.0519. The minimum absolute atomic E-state index is 0.0519. The number of aromatic nitrogens is 3. The van der Waals surface area contributed by atoms with Gasteiger partial charge < -0.3 is 14.6 Å². The molecule has 1 unspecified atom stereocenters. The highest BCUT2D eigenvalue weighted by Crippen LogP contribution is 2.26. The van der Waals surface area contributed by atoms with E-state index in [2.05, 4.69) is 25.2 Å². The first kappa shape index (κ1) is 18.5. The number of oxazole rings is 1. The molecule has 1 fully saturated rings. The van der Waals surface area contributed by atoms with E-state index in [1.54, 1.807) is 6.20 Å². The summed E-state index contributed by atoms with van der Waals surface area (Å²) < 4.78 is 5.84. The number of nitrogens with zero attached hydrogens (tertiary/aromatic N) is 4. The Kier molecular flexibility index (Phi) is 5.01. The van der Waals surface area contributed by atoms with Gasteiger partial charge in [0.15, 0.2) is 5.58 Å². The normalized spacial score (nSPS) is 16.8. The van der Waals surface area contributed by atoms with Crippen molar-refractivity contribution in [2.24, 2.45) is 5.92 Å². The number of piperidine rings is 1. The third-order valence-electron chi connectivity index (χ3n) is 5.54. The van der Waals surface area contributed by atoms with E-state index in [0.29, 0.717) is 30.2 Å². The molecule has 0 bridgehead atoms. The Hall–Kier alpha value is -3.48. The van der Waals surface area contributed by atoms with Crippen molar-refractivity contribution in [3.8, 4) is 0 Å². The van der Waals surface area contributed by atoms with Crippen LogP contribution in [0.15, 0.2) is 59.1 Å². The zero-order valence-corrected chi connectivity index (χ0v) is 16.6. The summed E-state index contributed by atoms with van der Waals surface area (Å²) in [6, 6.07) is 16.3. The largest absolute Gasteiger partial charge is 0.422 e. The van der Waals surface area contributed by atoms with Gasteiger partial charge in [0, 0.05) is 31.1 Å². The fourth-order valence-corrected chi connectivity index (χ4v) is 4.03. The Balaban J connectivity index is 1.18. The maximum Gasteiger partial charge on any atom is 0.299 e. The maximum atomic E-state index is 12.5. The van der Waals surface area contributed by atoms with Crippen molar-refractivity contribution >= 4 is 34.1 Å². The van der Waals surface area contributed by atoms with Crippen molar-refractivity contribution in [3.05, 3.63) is 60.4 Å². The summed E-state index contributed by atoms with van der Waals surface area (Å²) in [5.41, 5.74) is 3.12. The third kappa shape index (κ3) is 3.96. The van der Waals surface area contributed by atoms with Crippen LogP contribution in [0.1, 0.15) is 25.0 Å². The Morgan fingerprint density at radius 3 is 3.00 bits per heavy atom. The summed E-state index contributed by atoms with van der Waals surface area (Å²) in [7, 11) is 0. The number of carbonyl (C=O) groups excluding carboxylic acids is 1. The number of hydrogen-bond acceptors (Lipinski definition) is 6. The number of carbonyl (C=O) groups is 1. The molecule has 7 nitrogen and oxygen atoms in total. The van der Waals surface area contributed by atoms with Gasteiger partial charge in [-0.2, -0.15) is 4.98 Å². The second-order valence-corrected chi connectivity index (χ2v) is 7.75. The topological polar surface area (TPSA) is 84.2 Å². The molecule has 1 saturated heterocycles. The van der Waals surface area contributed by atoms with E-state index in [1.807, 2.05) is 48.5 Å². The predicted molar refractivity (Wildman–Crippen MR) is 115 cm³/mol. The van der Waals surface area contributed by atoms with Gasteiger partial charge in [-0.05, 0) is 43.0 Å². The van der Waals surface area contributed by atoms with Gasteiger partial charge in [0.2, 0.25) is 11.6 Å². The summed E-state index contributed by atoms with van der Waals surface area (Å²) >= 11 is 0. The highest BCUT2D eigenvalue weighted by atomic mass is 16.4. The molecule has 1 amide bonds. The number of para-hydroxylation sites is 1. The average molecular weight is 401 g/mol. The van der Waals surface area contributed by atoms with E-state index in [0.717, 1.165) is 42.5 Å². The number of fused-ring (bicyclic) bond motifs is 2. The molecule has 3 aromatic heterocycles. The van der Waals surface area contributed by atoms with Gasteiger partial charge in [-0.1, -0.05) is 24.3 Å². The molecule has 0 saturated carbocycles. The molecular weight excluding hydrogens is 378 g/mol. The Labute approximate surface area is 174 Å². The smallest absolute Gasteiger partial charge is 0.299 e. The van der Waals surface area contributed by atoms with Crippen LogP contribution < -0.4 is 10.2 Å². The first-order valence-electron chi connectivity index (χ1n) is 10.3. The third-order valence-corrected chi connectivity index (χ3v) is 5.54. The number of rotatable bonds is 5. The molecule has 30 heavy (non-hydrogen) atoms. The van der Waals surface area contributed by atoms with E-state index in [1.165, 1.54) is 0 Å². The minimum Gasteiger partial charge on any atom is -0.422 e. The Morgan fingerprint density at radius 1 is 1.13 bits per heavy atom. The summed E-state index contributed by atoms with van der Waals surface area (Å²) in [5, 5.41) is 4.12. The average Bonchev–Trinajstić information content (AvgIpc) is 3.22. The lowest BCUT2D eigenvalue weighted by Crippen LogP contribution is -2.38. The second-order valence-electron chi connectivity index (χ2n) is 7.75. The molecule has 1 aliphatic heterocycles. The van der Waals surface area contributed by atoms with Crippen LogP contribution in [0.3, 0.4) is 0 Å². The van der Waals surface area contributed by atoms with E-state index in [4.69, 9.17) is 4.42 Å². The molecule has 1 aliphatic rings. The predicted octanol–water partition coefficient (Wildman–Crippen LogP) is 3.69. The van der Waals surface area contributed by atoms with Crippen LogP contribution >= 0.6 is 0 Å². The second kappa shape index (κ2) is 8.10. The zero-order valence-electron chi connectivity index (χ0n) is 16.6. The fourth-order valence-electron chi connectivity index (χ4n) is 4.03. The molecule has 0 aliphatic carbocycles. The summed E-state index contributed by atoms with van der Waals surface area (Å²) in [5.74, 6) is 0.322. The quantitative estimate of drug-likeness (QED) is 0.549. The number of benzene rings is 1. The molecule has 7 heteroatoms. The van der Waals surface area contributed by atoms with Crippen LogP contribution in [0.4, 0.5) is 6.01 Å². The van der Waals surface area contributed by atoms with Crippen LogP contribution in [0.25, 0.3) is 22.1 Å². The lowest BCUT2D eigenvalue weighted by Gasteiger charge is -2.31. The maximum absolute atomic E-state index is 12.5. The van der Waals surface area contributed by atoms with Crippen LogP contribution in [0.5, 0.6) is 0 Å². The van der Waals surface area contributed by atoms with Crippen molar-refractivity contribution in [2.75, 3.05) is 18.0 Å². The van der Waals surface area contributed by atoms with Crippen molar-refractivity contribution < 1.29 is 9.21 Å². The number of pyridine rings is 2. The SMILES string of the molecule is O=C(CC1CCCN(c2nc3ncccc3o2)C1)NCc1ccc2ccccc2n1. The van der Waals surface area contributed by atoms with Crippen molar-refractivity contribution in [2.45, 2.75) is 25.8 Å². The van der Waals surface area contributed by atoms with E-state index in [9.17, 15) is 4.79 Å². The van der Waals surface area contributed by atoms with Gasteiger partial charge in [-0.25, -0.2) is 4.98 Å². The zero-order chi connectivity index (χ0) is 20.3. The fraction of sp³-hybridized carbons (Fsp3) is 0.304. The first-order chi connectivity index (χ1) is 14.7. The standard InChI is InChI=1S/C23H23N5O2/c29-21(25-14-18-10-9-17-6-1-2-7-19(17)26-18)13-16-5-4-12-28(15-16)23-27-22-20(30-23)8-3-11-24-22/h1-3,6-11,16H,4-5,12-15H2,(H,25,29). The van der Waals surface area contributed by atoms with E-state index in [-0.39, 0.29) is 11.8 Å². The Bertz CT molecular complexity index is 1160. The molecule has 4 heterocycles. The lowest BCUT2D eigenvalue weighted by molar-refractivity contribution is -0.122. The number of nitrogens with one attached hydrogen (secondary N) is 1. The summed E-state index contributed by atoms with van der Waals surface area (Å²) in [6.07, 6.45) is 4.23. The van der Waals surface area contributed by atoms with Crippen LogP contribution in [-0.4, -0.2) is 33.9 Å². The lowest BCUT2D eigenvalue weighted by atomic mass is 9.94. The van der Waals surface area contributed by atoms with Crippen LogP contribution in [-0.2, 0) is 11.3 Å². The van der Waals surface area contributed by atoms with Crippen molar-refractivity contribution in [1.82, 2.24) is 20.3 Å². The molecule has 1 atom stereocenters. The van der Waals surface area contributed by atoms with E-state index < -0.39 is 0 Å². The molecule has 1 N–H and O–H groups in total.